The van der Waals surface area contributed by atoms with Crippen molar-refractivity contribution in [3.63, 3.8) is 0 Å². The molecule has 1 aliphatic rings. The smallest absolute Gasteiger partial charge is 0.332 e. The maximum Gasteiger partial charge on any atom is 0.332 e. The van der Waals surface area contributed by atoms with Crippen LogP contribution in [0.15, 0.2) is 33.9 Å². The number of unbranched alkanes of at least 4 members (excludes halogenated alkanes) is 5. The number of hydrogen-bond acceptors (Lipinski definition) is 5. The maximum absolute atomic E-state index is 13.5. The third-order valence-corrected chi connectivity index (χ3v) is 6.64. The van der Waals surface area contributed by atoms with Gasteiger partial charge in [-0.05, 0) is 43.5 Å². The van der Waals surface area contributed by atoms with Gasteiger partial charge < -0.3 is 14.2 Å². The Labute approximate surface area is 200 Å². The van der Waals surface area contributed by atoms with Gasteiger partial charge in [-0.3, -0.25) is 13.9 Å². The van der Waals surface area contributed by atoms with Crippen molar-refractivity contribution in [1.82, 2.24) is 18.7 Å². The predicted octanol–water partition coefficient (Wildman–Crippen LogP) is 4.44. The van der Waals surface area contributed by atoms with Crippen molar-refractivity contribution in [2.45, 2.75) is 72.4 Å². The number of rotatable bonds is 10. The molecule has 34 heavy (non-hydrogen) atoms. The molecule has 1 atom stereocenters. The molecule has 0 amide bonds. The third-order valence-electron chi connectivity index (χ3n) is 6.64. The van der Waals surface area contributed by atoms with Crippen LogP contribution in [0.1, 0.15) is 59.3 Å². The predicted molar refractivity (Wildman–Crippen MR) is 136 cm³/mol. The minimum atomic E-state index is -0.290. The molecule has 1 aliphatic heterocycles. The number of benzene rings is 1. The first kappa shape index (κ1) is 24.1. The summed E-state index contributed by atoms with van der Waals surface area (Å²) in [6, 6.07) is 7.94. The Morgan fingerprint density at radius 1 is 1.00 bits per heavy atom. The van der Waals surface area contributed by atoms with Crippen molar-refractivity contribution in [2.24, 2.45) is 13.0 Å². The van der Waals surface area contributed by atoms with Gasteiger partial charge in [-0.15, -0.1) is 0 Å². The molecular formula is C26H37N5O3. The van der Waals surface area contributed by atoms with Crippen molar-refractivity contribution in [2.75, 3.05) is 18.1 Å². The lowest BCUT2D eigenvalue weighted by Gasteiger charge is -2.33. The van der Waals surface area contributed by atoms with Gasteiger partial charge in [-0.2, -0.15) is 4.98 Å². The fourth-order valence-corrected chi connectivity index (χ4v) is 4.86. The largest absolute Gasteiger partial charge is 0.494 e. The molecule has 1 unspecified atom stereocenters. The van der Waals surface area contributed by atoms with E-state index in [2.05, 4.69) is 18.7 Å². The Hall–Kier alpha value is -3.03. The van der Waals surface area contributed by atoms with Crippen LogP contribution < -0.4 is 20.9 Å². The first-order valence-corrected chi connectivity index (χ1v) is 12.7. The van der Waals surface area contributed by atoms with E-state index in [-0.39, 0.29) is 11.2 Å². The van der Waals surface area contributed by atoms with Gasteiger partial charge in [-0.1, -0.05) is 46.0 Å². The molecule has 0 saturated carbocycles. The van der Waals surface area contributed by atoms with E-state index < -0.39 is 0 Å². The van der Waals surface area contributed by atoms with E-state index >= 15 is 0 Å². The zero-order valence-electron chi connectivity index (χ0n) is 20.9. The van der Waals surface area contributed by atoms with Gasteiger partial charge in [0.2, 0.25) is 5.95 Å². The van der Waals surface area contributed by atoms with Crippen molar-refractivity contribution in [3.8, 4) is 5.75 Å². The summed E-state index contributed by atoms with van der Waals surface area (Å²) in [4.78, 5) is 33.5. The van der Waals surface area contributed by atoms with Gasteiger partial charge in [0.25, 0.3) is 5.56 Å². The number of fused-ring (bicyclic) bond motifs is 3. The van der Waals surface area contributed by atoms with Crippen molar-refractivity contribution < 1.29 is 4.74 Å². The van der Waals surface area contributed by atoms with E-state index in [1.807, 2.05) is 35.8 Å². The molecule has 0 fully saturated rings. The first-order valence-electron chi connectivity index (χ1n) is 12.7. The second-order valence-electron chi connectivity index (χ2n) is 9.40. The van der Waals surface area contributed by atoms with Crippen molar-refractivity contribution in [3.05, 3.63) is 45.1 Å². The Kier molecular flexibility index (Phi) is 7.44. The van der Waals surface area contributed by atoms with E-state index in [0.29, 0.717) is 42.7 Å². The van der Waals surface area contributed by atoms with E-state index in [0.717, 1.165) is 37.2 Å². The van der Waals surface area contributed by atoms with Crippen LogP contribution in [0.5, 0.6) is 5.75 Å². The topological polar surface area (TPSA) is 74.3 Å². The number of nitrogens with zero attached hydrogens (tertiary/aromatic N) is 5. The molecule has 4 rings (SSSR count). The molecule has 8 heteroatoms. The van der Waals surface area contributed by atoms with Crippen LogP contribution in [-0.4, -0.2) is 31.8 Å². The van der Waals surface area contributed by atoms with Crippen LogP contribution in [0.4, 0.5) is 11.6 Å². The Morgan fingerprint density at radius 2 is 1.71 bits per heavy atom. The minimum Gasteiger partial charge on any atom is -0.494 e. The van der Waals surface area contributed by atoms with Crippen LogP contribution >= 0.6 is 0 Å². The van der Waals surface area contributed by atoms with Crippen LogP contribution in [0.3, 0.4) is 0 Å². The lowest BCUT2D eigenvalue weighted by atomic mass is 10.1. The lowest BCUT2D eigenvalue weighted by Crippen LogP contribution is -2.40. The first-order chi connectivity index (χ1) is 16.5. The molecule has 1 aromatic carbocycles. The van der Waals surface area contributed by atoms with Crippen LogP contribution in [-0.2, 0) is 20.1 Å². The van der Waals surface area contributed by atoms with Gasteiger partial charge in [0.1, 0.15) is 5.75 Å². The molecule has 0 radical (unpaired) electrons. The zero-order chi connectivity index (χ0) is 24.2. The Balaban J connectivity index is 1.70. The Morgan fingerprint density at radius 3 is 2.41 bits per heavy atom. The number of anilines is 2. The highest BCUT2D eigenvalue weighted by Gasteiger charge is 2.29. The van der Waals surface area contributed by atoms with Gasteiger partial charge in [0, 0.05) is 32.4 Å². The molecule has 8 nitrogen and oxygen atoms in total. The van der Waals surface area contributed by atoms with Gasteiger partial charge in [-0.25, -0.2) is 4.79 Å². The normalized spacial score (nSPS) is 15.6. The molecule has 0 N–H and O–H groups in total. The molecule has 3 aromatic rings. The molecule has 2 aromatic heterocycles. The average Bonchev–Trinajstić information content (AvgIpc) is 3.21. The standard InChI is InChI=1S/C26H37N5O3/c1-5-7-8-9-10-11-16-29-24(32)22-23(28(4)26(29)33)27-25-30(17-19(3)18-31(22)25)20-12-14-21(15-13-20)34-6-2/h12-15,19H,5-11,16-18H2,1-4H3. The second-order valence-corrected chi connectivity index (χ2v) is 9.40. The highest BCUT2D eigenvalue weighted by Crippen LogP contribution is 2.33. The highest BCUT2D eigenvalue weighted by molar-refractivity contribution is 5.77. The van der Waals surface area contributed by atoms with Crippen LogP contribution in [0, 0.1) is 5.92 Å². The zero-order valence-corrected chi connectivity index (χ0v) is 20.9. The third kappa shape index (κ3) is 4.63. The molecule has 0 saturated heterocycles. The quantitative estimate of drug-likeness (QED) is 0.412. The van der Waals surface area contributed by atoms with Gasteiger partial charge in [0.05, 0.1) is 6.61 Å². The van der Waals surface area contributed by atoms with E-state index in [1.54, 1.807) is 7.05 Å². The summed E-state index contributed by atoms with van der Waals surface area (Å²) >= 11 is 0. The maximum atomic E-state index is 13.5. The fourth-order valence-electron chi connectivity index (χ4n) is 4.86. The summed E-state index contributed by atoms with van der Waals surface area (Å²) in [5, 5.41) is 0. The number of ether oxygens (including phenoxy) is 1. The second kappa shape index (κ2) is 10.5. The van der Waals surface area contributed by atoms with Crippen LogP contribution in [0.2, 0.25) is 0 Å². The molecular weight excluding hydrogens is 430 g/mol. The summed E-state index contributed by atoms with van der Waals surface area (Å²) in [6.45, 7) is 8.89. The van der Waals surface area contributed by atoms with E-state index in [4.69, 9.17) is 9.72 Å². The minimum absolute atomic E-state index is 0.230. The highest BCUT2D eigenvalue weighted by atomic mass is 16.5. The molecule has 0 spiro atoms. The number of hydrogen-bond donors (Lipinski definition) is 0. The average molecular weight is 468 g/mol. The fraction of sp³-hybridized carbons (Fsp3) is 0.577. The Bertz CT molecular complexity index is 1240. The molecule has 0 bridgehead atoms. The van der Waals surface area contributed by atoms with Crippen molar-refractivity contribution in [1.29, 1.82) is 0 Å². The number of aryl methyl sites for hydroxylation is 1. The van der Waals surface area contributed by atoms with Crippen LogP contribution in [0.25, 0.3) is 11.2 Å². The monoisotopic (exact) mass is 467 g/mol. The molecule has 0 aliphatic carbocycles. The SMILES string of the molecule is CCCCCCCCn1c(=O)c2c(nc3n2CC(C)CN3c2ccc(OCC)cc2)n(C)c1=O. The van der Waals surface area contributed by atoms with Gasteiger partial charge in [0.15, 0.2) is 11.2 Å². The summed E-state index contributed by atoms with van der Waals surface area (Å²) in [5.74, 6) is 1.85. The molecule has 3 heterocycles. The summed E-state index contributed by atoms with van der Waals surface area (Å²) in [6.07, 6.45) is 6.65. The molecule has 184 valence electrons. The van der Waals surface area contributed by atoms with Gasteiger partial charge >= 0.3 is 5.69 Å². The van der Waals surface area contributed by atoms with E-state index in [9.17, 15) is 9.59 Å². The number of imidazole rings is 1. The van der Waals surface area contributed by atoms with E-state index in [1.165, 1.54) is 28.4 Å². The summed E-state index contributed by atoms with van der Waals surface area (Å²) < 4.78 is 10.5. The summed E-state index contributed by atoms with van der Waals surface area (Å²) in [5.41, 5.74) is 1.44. The van der Waals surface area contributed by atoms with Crippen molar-refractivity contribution >= 4 is 22.8 Å². The lowest BCUT2D eigenvalue weighted by molar-refractivity contribution is 0.340. The number of aromatic nitrogens is 4. The summed E-state index contributed by atoms with van der Waals surface area (Å²) in [7, 11) is 1.71.